The van der Waals surface area contributed by atoms with Crippen LogP contribution in [0.2, 0.25) is 0 Å². The second-order valence-corrected chi connectivity index (χ2v) is 7.69. The number of primary amides is 1. The standard InChI is InChI=1S/C23H18FN7O2/c24-14-1-4-16(5-2-14)31(21(33)23(8-9-23)20(25)32)19-7-10-28-22(30-19)29-15-3-6-17-18(13-15)27-12-11-26-17/h1-7,10-13H,8-9H2,(H2,25,32)(H,28,29,30). The van der Waals surface area contributed by atoms with Crippen LogP contribution in [0.25, 0.3) is 11.0 Å². The van der Waals surface area contributed by atoms with Crippen LogP contribution in [-0.2, 0) is 9.59 Å². The normalized spacial score (nSPS) is 14.0. The van der Waals surface area contributed by atoms with E-state index in [1.807, 2.05) is 12.1 Å². The number of hydrogen-bond acceptors (Lipinski definition) is 7. The van der Waals surface area contributed by atoms with Crippen molar-refractivity contribution in [3.8, 4) is 0 Å². The zero-order valence-electron chi connectivity index (χ0n) is 17.3. The highest BCUT2D eigenvalue weighted by Gasteiger charge is 2.57. The number of carbonyl (C=O) groups excluding carboxylic acids is 2. The Kier molecular flexibility index (Phi) is 4.89. The Labute approximate surface area is 187 Å². The molecule has 2 aromatic heterocycles. The van der Waals surface area contributed by atoms with E-state index in [1.54, 1.807) is 18.5 Å². The van der Waals surface area contributed by atoms with Gasteiger partial charge in [0.2, 0.25) is 17.8 Å². The Morgan fingerprint density at radius 2 is 1.67 bits per heavy atom. The van der Waals surface area contributed by atoms with Gasteiger partial charge in [0.1, 0.15) is 17.1 Å². The first kappa shape index (κ1) is 20.4. The van der Waals surface area contributed by atoms with Gasteiger partial charge in [-0.2, -0.15) is 4.98 Å². The van der Waals surface area contributed by atoms with Crippen LogP contribution in [0.15, 0.2) is 67.1 Å². The number of carbonyl (C=O) groups is 2. The molecule has 1 aliphatic rings. The third-order valence-corrected chi connectivity index (χ3v) is 5.51. The van der Waals surface area contributed by atoms with E-state index in [1.165, 1.54) is 41.4 Å². The fraction of sp³-hybridized carbons (Fsp3) is 0.130. The molecule has 0 bridgehead atoms. The van der Waals surface area contributed by atoms with Crippen molar-refractivity contribution in [3.05, 3.63) is 72.9 Å². The second-order valence-electron chi connectivity index (χ2n) is 7.69. The quantitative estimate of drug-likeness (QED) is 0.438. The molecule has 0 unspecified atom stereocenters. The number of benzene rings is 2. The molecule has 10 heteroatoms. The summed E-state index contributed by atoms with van der Waals surface area (Å²) in [5, 5.41) is 3.09. The number of amides is 2. The van der Waals surface area contributed by atoms with Gasteiger partial charge in [0.25, 0.3) is 0 Å². The zero-order chi connectivity index (χ0) is 23.0. The van der Waals surface area contributed by atoms with Crippen LogP contribution in [-0.4, -0.2) is 31.8 Å². The van der Waals surface area contributed by atoms with Gasteiger partial charge in [-0.15, -0.1) is 0 Å². The van der Waals surface area contributed by atoms with Crippen molar-refractivity contribution in [1.82, 2.24) is 19.9 Å². The lowest BCUT2D eigenvalue weighted by atomic mass is 10.0. The average molecular weight is 443 g/mol. The van der Waals surface area contributed by atoms with Gasteiger partial charge in [-0.25, -0.2) is 9.37 Å². The van der Waals surface area contributed by atoms with Crippen LogP contribution in [0.1, 0.15) is 12.8 Å². The van der Waals surface area contributed by atoms with Crippen LogP contribution in [0.4, 0.5) is 27.5 Å². The van der Waals surface area contributed by atoms with Crippen molar-refractivity contribution in [2.75, 3.05) is 10.2 Å². The maximum absolute atomic E-state index is 13.5. The predicted molar refractivity (Wildman–Crippen MR) is 119 cm³/mol. The molecule has 164 valence electrons. The maximum atomic E-state index is 13.5. The minimum Gasteiger partial charge on any atom is -0.369 e. The molecule has 2 aromatic carbocycles. The third-order valence-electron chi connectivity index (χ3n) is 5.51. The van der Waals surface area contributed by atoms with E-state index < -0.39 is 23.0 Å². The SMILES string of the molecule is NC(=O)C1(C(=O)N(c2ccc(F)cc2)c2ccnc(Nc3ccc4nccnc4c3)n2)CC1. The van der Waals surface area contributed by atoms with Crippen molar-refractivity contribution in [2.24, 2.45) is 11.1 Å². The molecule has 1 aliphatic carbocycles. The number of fused-ring (bicyclic) bond motifs is 1. The molecule has 0 aliphatic heterocycles. The Balaban J connectivity index is 1.51. The van der Waals surface area contributed by atoms with E-state index in [0.29, 0.717) is 29.7 Å². The van der Waals surface area contributed by atoms with E-state index >= 15 is 0 Å². The summed E-state index contributed by atoms with van der Waals surface area (Å²) >= 11 is 0. The van der Waals surface area contributed by atoms with Gasteiger partial charge in [-0.1, -0.05) is 0 Å². The van der Waals surface area contributed by atoms with Gasteiger partial charge in [-0.3, -0.25) is 24.5 Å². The molecule has 2 heterocycles. The minimum atomic E-state index is -1.29. The van der Waals surface area contributed by atoms with Gasteiger partial charge in [-0.05, 0) is 55.3 Å². The molecule has 0 radical (unpaired) electrons. The van der Waals surface area contributed by atoms with Crippen molar-refractivity contribution in [2.45, 2.75) is 12.8 Å². The summed E-state index contributed by atoms with van der Waals surface area (Å²) < 4.78 is 13.5. The number of rotatable bonds is 6. The highest BCUT2D eigenvalue weighted by Crippen LogP contribution is 2.48. The van der Waals surface area contributed by atoms with Crippen molar-refractivity contribution in [3.63, 3.8) is 0 Å². The van der Waals surface area contributed by atoms with Crippen LogP contribution in [0.5, 0.6) is 0 Å². The fourth-order valence-corrected chi connectivity index (χ4v) is 3.55. The summed E-state index contributed by atoms with van der Waals surface area (Å²) in [7, 11) is 0. The van der Waals surface area contributed by atoms with Gasteiger partial charge in [0, 0.05) is 30.3 Å². The highest BCUT2D eigenvalue weighted by molar-refractivity contribution is 6.16. The predicted octanol–water partition coefficient (Wildman–Crippen LogP) is 3.23. The molecule has 1 fully saturated rings. The molecule has 9 nitrogen and oxygen atoms in total. The average Bonchev–Trinajstić information content (AvgIpc) is 3.63. The van der Waals surface area contributed by atoms with Crippen molar-refractivity contribution >= 4 is 46.0 Å². The Hall–Kier alpha value is -4.47. The molecule has 33 heavy (non-hydrogen) atoms. The number of hydrogen-bond donors (Lipinski definition) is 2. The summed E-state index contributed by atoms with van der Waals surface area (Å²) in [5.74, 6) is -1.21. The summed E-state index contributed by atoms with van der Waals surface area (Å²) in [5.41, 5.74) is 6.71. The van der Waals surface area contributed by atoms with E-state index in [4.69, 9.17) is 5.73 Å². The number of halogens is 1. The summed E-state index contributed by atoms with van der Waals surface area (Å²) in [6.45, 7) is 0. The smallest absolute Gasteiger partial charge is 0.248 e. The van der Waals surface area contributed by atoms with Crippen molar-refractivity contribution < 1.29 is 14.0 Å². The van der Waals surface area contributed by atoms with Crippen LogP contribution < -0.4 is 16.0 Å². The van der Waals surface area contributed by atoms with E-state index in [9.17, 15) is 14.0 Å². The van der Waals surface area contributed by atoms with Gasteiger partial charge in [0.15, 0.2) is 0 Å². The molecule has 0 spiro atoms. The summed E-state index contributed by atoms with van der Waals surface area (Å²) in [4.78, 5) is 43.9. The topological polar surface area (TPSA) is 127 Å². The summed E-state index contributed by atoms with van der Waals surface area (Å²) in [6.07, 6.45) is 5.41. The minimum absolute atomic E-state index is 0.220. The molecule has 2 amide bonds. The molecule has 3 N–H and O–H groups in total. The van der Waals surface area contributed by atoms with E-state index in [0.717, 1.165) is 5.52 Å². The van der Waals surface area contributed by atoms with Gasteiger partial charge < -0.3 is 11.1 Å². The van der Waals surface area contributed by atoms with E-state index in [-0.39, 0.29) is 11.8 Å². The monoisotopic (exact) mass is 443 g/mol. The van der Waals surface area contributed by atoms with Gasteiger partial charge in [0.05, 0.1) is 16.7 Å². The Bertz CT molecular complexity index is 1370. The van der Waals surface area contributed by atoms with E-state index in [2.05, 4.69) is 25.3 Å². The molecule has 5 rings (SSSR count). The summed E-state index contributed by atoms with van der Waals surface area (Å²) in [6, 6.07) is 12.3. The first-order valence-electron chi connectivity index (χ1n) is 10.2. The second kappa shape index (κ2) is 7.90. The van der Waals surface area contributed by atoms with Crippen LogP contribution >= 0.6 is 0 Å². The lowest BCUT2D eigenvalue weighted by Crippen LogP contribution is -2.41. The van der Waals surface area contributed by atoms with Crippen molar-refractivity contribution in [1.29, 1.82) is 0 Å². The molecule has 0 saturated heterocycles. The maximum Gasteiger partial charge on any atom is 0.248 e. The lowest BCUT2D eigenvalue weighted by molar-refractivity contribution is -0.133. The number of aromatic nitrogens is 4. The third kappa shape index (κ3) is 3.82. The first-order valence-corrected chi connectivity index (χ1v) is 10.2. The zero-order valence-corrected chi connectivity index (χ0v) is 17.3. The van der Waals surface area contributed by atoms with Gasteiger partial charge >= 0.3 is 0 Å². The Morgan fingerprint density at radius 3 is 2.36 bits per heavy atom. The Morgan fingerprint density at radius 1 is 0.939 bits per heavy atom. The lowest BCUT2D eigenvalue weighted by Gasteiger charge is -2.25. The number of nitrogens with one attached hydrogen (secondary N) is 1. The molecule has 1 saturated carbocycles. The largest absolute Gasteiger partial charge is 0.369 e. The fourth-order valence-electron chi connectivity index (χ4n) is 3.55. The number of nitrogens with zero attached hydrogens (tertiary/aromatic N) is 5. The molecular formula is C23H18FN7O2. The number of nitrogens with two attached hydrogens (primary N) is 1. The number of anilines is 4. The van der Waals surface area contributed by atoms with Crippen LogP contribution in [0, 0.1) is 11.2 Å². The molecule has 4 aromatic rings. The highest BCUT2D eigenvalue weighted by atomic mass is 19.1. The first-order chi connectivity index (χ1) is 16.0. The molecule has 0 atom stereocenters. The van der Waals surface area contributed by atoms with Crippen LogP contribution in [0.3, 0.4) is 0 Å². The molecular weight excluding hydrogens is 425 g/mol.